The molecule has 0 fully saturated rings. The fourth-order valence-corrected chi connectivity index (χ4v) is 0.481. The molecule has 0 unspecified atom stereocenters. The zero-order valence-corrected chi connectivity index (χ0v) is 5.81. The third kappa shape index (κ3) is 1.47. The molecule has 0 saturated carbocycles. The highest BCUT2D eigenvalue weighted by Gasteiger charge is 1.89. The van der Waals surface area contributed by atoms with Crippen molar-refractivity contribution < 1.29 is 2.74 Å². The average molecular weight is 186 g/mol. The second kappa shape index (κ2) is 2.55. The summed E-state index contributed by atoms with van der Waals surface area (Å²) in [4.78, 5) is 7.05. The van der Waals surface area contributed by atoms with Crippen molar-refractivity contribution >= 4 is 15.9 Å². The molecule has 1 heterocycles. The minimum Gasteiger partial charge on any atom is -0.245 e. The molecular formula is C5H2BrN3. The summed E-state index contributed by atoms with van der Waals surface area (Å²) in [6.07, 6.45) is -0.340. The normalized spacial score (nSPS) is 11.6. The topological polar surface area (TPSA) is 49.6 Å². The highest BCUT2D eigenvalue weighted by Crippen LogP contribution is 2.00. The van der Waals surface area contributed by atoms with Crippen LogP contribution < -0.4 is 0 Å². The first-order valence-electron chi connectivity index (χ1n) is 3.06. The maximum atomic E-state index is 8.36. The van der Waals surface area contributed by atoms with E-state index in [0.29, 0.717) is 0 Å². The molecule has 0 N–H and O–H groups in total. The zero-order valence-electron chi connectivity index (χ0n) is 6.22. The molecule has 0 saturated heterocycles. The van der Waals surface area contributed by atoms with Gasteiger partial charge in [-0.3, -0.25) is 0 Å². The molecule has 0 spiro atoms. The summed E-state index contributed by atoms with van der Waals surface area (Å²) in [7, 11) is 0. The molecule has 0 aliphatic carbocycles. The smallest absolute Gasteiger partial charge is 0.158 e. The molecule has 1 rings (SSSR count). The van der Waals surface area contributed by atoms with Gasteiger partial charge in [0.15, 0.2) is 5.69 Å². The number of hydrogen-bond donors (Lipinski definition) is 0. The van der Waals surface area contributed by atoms with Gasteiger partial charge in [0.2, 0.25) is 0 Å². The van der Waals surface area contributed by atoms with Gasteiger partial charge >= 0.3 is 0 Å². The minimum absolute atomic E-state index is 0.127. The van der Waals surface area contributed by atoms with Crippen LogP contribution in [-0.4, -0.2) is 9.97 Å². The van der Waals surface area contributed by atoms with Gasteiger partial charge in [0.05, 0.1) is 15.1 Å². The van der Waals surface area contributed by atoms with E-state index in [0.717, 1.165) is 0 Å². The predicted octanol–water partition coefficient (Wildman–Crippen LogP) is 1.11. The van der Waals surface area contributed by atoms with E-state index < -0.39 is 0 Å². The Morgan fingerprint density at radius 1 is 1.67 bits per heavy atom. The Morgan fingerprint density at radius 3 is 3.11 bits per heavy atom. The van der Waals surface area contributed by atoms with Crippen LogP contribution in [0.25, 0.3) is 0 Å². The maximum Gasteiger partial charge on any atom is 0.158 e. The molecule has 3 nitrogen and oxygen atoms in total. The Kier molecular flexibility index (Phi) is 1.12. The summed E-state index contributed by atoms with van der Waals surface area (Å²) in [6, 6.07) is 1.66. The van der Waals surface area contributed by atoms with Crippen molar-refractivity contribution in [1.82, 2.24) is 9.97 Å². The summed E-state index contributed by atoms with van der Waals surface area (Å²) < 4.78 is 14.4. The molecule has 1 aromatic heterocycles. The maximum absolute atomic E-state index is 8.36. The van der Waals surface area contributed by atoms with Gasteiger partial charge in [0, 0.05) is 0 Å². The summed E-state index contributed by atoms with van der Waals surface area (Å²) in [5.74, 6) is 0. The molecule has 0 aliphatic heterocycles. The lowest BCUT2D eigenvalue weighted by atomic mass is 10.5. The lowest BCUT2D eigenvalue weighted by Crippen LogP contribution is -1.82. The fourth-order valence-electron chi connectivity index (χ4n) is 0.304. The van der Waals surface area contributed by atoms with E-state index in [9.17, 15) is 0 Å². The van der Waals surface area contributed by atoms with Crippen molar-refractivity contribution in [3.63, 3.8) is 0 Å². The number of aromatic nitrogens is 2. The van der Waals surface area contributed by atoms with Crippen LogP contribution in [0.3, 0.4) is 0 Å². The number of nitriles is 1. The second-order valence-corrected chi connectivity index (χ2v) is 1.95. The van der Waals surface area contributed by atoms with Crippen molar-refractivity contribution in [2.24, 2.45) is 0 Å². The summed E-state index contributed by atoms with van der Waals surface area (Å²) in [5.41, 5.74) is -0.127. The molecule has 1 aromatic rings. The Labute approximate surface area is 63.3 Å². The van der Waals surface area contributed by atoms with E-state index in [4.69, 9.17) is 8.00 Å². The molecular weight excluding hydrogens is 182 g/mol. The van der Waals surface area contributed by atoms with Crippen LogP contribution in [0.15, 0.2) is 16.9 Å². The number of hydrogen-bond acceptors (Lipinski definition) is 3. The summed E-state index contributed by atoms with van der Waals surface area (Å²) in [5, 5.41) is 8.36. The summed E-state index contributed by atoms with van der Waals surface area (Å²) in [6.45, 7) is 0. The van der Waals surface area contributed by atoms with E-state index in [1.165, 1.54) is 0 Å². The Bertz CT molecular complexity index is 333. The molecule has 44 valence electrons. The molecule has 0 aliphatic rings. The van der Waals surface area contributed by atoms with Crippen LogP contribution in [0, 0.1) is 11.3 Å². The molecule has 0 atom stereocenters. The van der Waals surface area contributed by atoms with E-state index in [-0.39, 0.29) is 22.6 Å². The Hall–Kier alpha value is -0.950. The molecule has 0 amide bonds. The molecule has 4 heteroatoms. The Morgan fingerprint density at radius 2 is 2.44 bits per heavy atom. The standard InChI is InChI=1S/C5H2BrN3/c6-5-3-8-4(1-7)2-9-5/h2-3H/i2D,3D. The summed E-state index contributed by atoms with van der Waals surface area (Å²) >= 11 is 2.92. The van der Waals surface area contributed by atoms with Gasteiger partial charge in [-0.05, 0) is 15.9 Å². The van der Waals surface area contributed by atoms with E-state index >= 15 is 0 Å². The lowest BCUT2D eigenvalue weighted by Gasteiger charge is -1.85. The van der Waals surface area contributed by atoms with Crippen molar-refractivity contribution in [2.75, 3.05) is 0 Å². The van der Waals surface area contributed by atoms with Gasteiger partial charge in [-0.25, -0.2) is 9.97 Å². The Balaban J connectivity index is 3.35. The zero-order chi connectivity index (χ0) is 8.43. The van der Waals surface area contributed by atoms with Crippen LogP contribution in [0.1, 0.15) is 8.44 Å². The van der Waals surface area contributed by atoms with Crippen molar-refractivity contribution in [3.8, 4) is 6.07 Å². The molecule has 0 aromatic carbocycles. The first-order valence-corrected chi connectivity index (χ1v) is 2.85. The third-order valence-electron chi connectivity index (χ3n) is 0.626. The largest absolute Gasteiger partial charge is 0.245 e. The second-order valence-electron chi connectivity index (χ2n) is 1.20. The van der Waals surface area contributed by atoms with Gasteiger partial charge in [-0.1, -0.05) is 0 Å². The van der Waals surface area contributed by atoms with Gasteiger partial charge in [0.25, 0.3) is 0 Å². The molecule has 0 radical (unpaired) electrons. The number of nitrogens with zero attached hydrogens (tertiary/aromatic N) is 3. The van der Waals surface area contributed by atoms with E-state index in [2.05, 4.69) is 25.9 Å². The number of rotatable bonds is 0. The van der Waals surface area contributed by atoms with Crippen LogP contribution in [0.4, 0.5) is 0 Å². The van der Waals surface area contributed by atoms with Gasteiger partial charge < -0.3 is 0 Å². The SMILES string of the molecule is [2H]c1nc(C#N)c([2H])nc1Br. The highest BCUT2D eigenvalue weighted by molar-refractivity contribution is 9.10. The van der Waals surface area contributed by atoms with Crippen molar-refractivity contribution in [1.29, 1.82) is 5.26 Å². The molecule has 0 bridgehead atoms. The first-order chi connectivity index (χ1) is 5.15. The first kappa shape index (κ1) is 3.96. The van der Waals surface area contributed by atoms with Crippen LogP contribution in [-0.2, 0) is 0 Å². The number of halogens is 1. The van der Waals surface area contributed by atoms with Crippen molar-refractivity contribution in [3.05, 3.63) is 22.6 Å². The fraction of sp³-hybridized carbons (Fsp3) is 0. The van der Waals surface area contributed by atoms with Crippen molar-refractivity contribution in [2.45, 2.75) is 0 Å². The predicted molar refractivity (Wildman–Crippen MR) is 34.4 cm³/mol. The van der Waals surface area contributed by atoms with Crippen LogP contribution in [0.2, 0.25) is 0 Å². The van der Waals surface area contributed by atoms with Crippen LogP contribution >= 0.6 is 15.9 Å². The van der Waals surface area contributed by atoms with Gasteiger partial charge in [-0.15, -0.1) is 0 Å². The monoisotopic (exact) mass is 185 g/mol. The lowest BCUT2D eigenvalue weighted by molar-refractivity contribution is 1.13. The molecule has 9 heavy (non-hydrogen) atoms. The minimum atomic E-state index is -0.213. The van der Waals surface area contributed by atoms with E-state index in [1.54, 1.807) is 6.07 Å². The van der Waals surface area contributed by atoms with Gasteiger partial charge in [-0.2, -0.15) is 5.26 Å². The highest BCUT2D eigenvalue weighted by atomic mass is 79.9. The third-order valence-corrected chi connectivity index (χ3v) is 0.980. The van der Waals surface area contributed by atoms with E-state index in [1.807, 2.05) is 0 Å². The quantitative estimate of drug-likeness (QED) is 0.609. The van der Waals surface area contributed by atoms with Crippen LogP contribution in [0.5, 0.6) is 0 Å². The average Bonchev–Trinajstić information content (AvgIpc) is 1.97. The van der Waals surface area contributed by atoms with Gasteiger partial charge in [0.1, 0.15) is 10.7 Å².